The lowest BCUT2D eigenvalue weighted by molar-refractivity contribution is -0.385. The van der Waals surface area contributed by atoms with Crippen LogP contribution in [0.15, 0.2) is 131 Å². The number of nitrogens with zero attached hydrogens (tertiary/aromatic N) is 4. The van der Waals surface area contributed by atoms with Gasteiger partial charge in [-0.2, -0.15) is 0 Å². The number of benzene rings is 5. The van der Waals surface area contributed by atoms with E-state index < -0.39 is 9.85 Å². The van der Waals surface area contributed by atoms with Crippen molar-refractivity contribution in [2.24, 2.45) is 9.98 Å². The van der Waals surface area contributed by atoms with Crippen molar-refractivity contribution in [1.29, 1.82) is 0 Å². The molecule has 0 atom stereocenters. The minimum Gasteiger partial charge on any atom is -0.457 e. The third-order valence-corrected chi connectivity index (χ3v) is 6.70. The fourth-order valence-corrected chi connectivity index (χ4v) is 4.35. The second-order valence-corrected chi connectivity index (χ2v) is 9.87. The van der Waals surface area contributed by atoms with Gasteiger partial charge in [0, 0.05) is 43.2 Å². The summed E-state index contributed by atoms with van der Waals surface area (Å²) in [6.07, 6.45) is 4.42. The number of nitro groups is 2. The lowest BCUT2D eigenvalue weighted by Crippen LogP contribution is -1.97. The van der Waals surface area contributed by atoms with Gasteiger partial charge in [-0.25, -0.2) is 0 Å². The summed E-state index contributed by atoms with van der Waals surface area (Å²) in [4.78, 5) is 29.9. The SMILES string of the molecule is O=[N+]([O-])c1ccc(Oc2ccc(C=NCCc3ccccc3CN=Cc3ccc(Oc4ccc([N+](=O)[O-])cc4)cc3)cc2)cc1. The summed E-state index contributed by atoms with van der Waals surface area (Å²) >= 11 is 0. The Morgan fingerprint density at radius 1 is 0.533 bits per heavy atom. The van der Waals surface area contributed by atoms with Crippen LogP contribution in [0.2, 0.25) is 0 Å². The molecular weight excluding hydrogens is 572 g/mol. The topological polar surface area (TPSA) is 129 Å². The monoisotopic (exact) mass is 600 g/mol. The summed E-state index contributed by atoms with van der Waals surface area (Å²) < 4.78 is 11.5. The number of ether oxygens (including phenoxy) is 2. The highest BCUT2D eigenvalue weighted by molar-refractivity contribution is 5.80. The molecule has 0 N–H and O–H groups in total. The van der Waals surface area contributed by atoms with E-state index in [4.69, 9.17) is 9.47 Å². The molecule has 10 heteroatoms. The van der Waals surface area contributed by atoms with Gasteiger partial charge in [0.15, 0.2) is 0 Å². The summed E-state index contributed by atoms with van der Waals surface area (Å²) in [5.74, 6) is 2.29. The van der Waals surface area contributed by atoms with Crippen LogP contribution in [-0.4, -0.2) is 28.8 Å². The molecule has 45 heavy (non-hydrogen) atoms. The first-order chi connectivity index (χ1) is 21.9. The number of rotatable bonds is 13. The van der Waals surface area contributed by atoms with Gasteiger partial charge in [0.05, 0.1) is 16.4 Å². The zero-order valence-electron chi connectivity index (χ0n) is 24.1. The molecule has 0 unspecified atom stereocenters. The maximum absolute atomic E-state index is 10.8. The summed E-state index contributed by atoms with van der Waals surface area (Å²) in [6, 6.07) is 35.0. The Balaban J connectivity index is 1.09. The zero-order valence-corrected chi connectivity index (χ0v) is 24.1. The van der Waals surface area contributed by atoms with E-state index in [0.29, 0.717) is 36.1 Å². The minimum absolute atomic E-state index is 0.0148. The normalized spacial score (nSPS) is 11.1. The van der Waals surface area contributed by atoms with Gasteiger partial charge in [-0.15, -0.1) is 0 Å². The van der Waals surface area contributed by atoms with Gasteiger partial charge in [0.2, 0.25) is 0 Å². The van der Waals surface area contributed by atoms with Crippen LogP contribution in [-0.2, 0) is 13.0 Å². The second kappa shape index (κ2) is 14.8. The first-order valence-electron chi connectivity index (χ1n) is 14.0. The third-order valence-electron chi connectivity index (χ3n) is 6.70. The lowest BCUT2D eigenvalue weighted by Gasteiger charge is -2.07. The summed E-state index contributed by atoms with van der Waals surface area (Å²) in [5, 5.41) is 21.6. The van der Waals surface area contributed by atoms with Crippen molar-refractivity contribution in [2.75, 3.05) is 6.54 Å². The highest BCUT2D eigenvalue weighted by Gasteiger charge is 2.07. The van der Waals surface area contributed by atoms with Crippen LogP contribution < -0.4 is 9.47 Å². The number of aliphatic imine (C=N–C) groups is 2. The molecule has 5 aromatic carbocycles. The molecule has 0 heterocycles. The molecule has 5 rings (SSSR count). The Kier molecular flexibility index (Phi) is 9.99. The van der Waals surface area contributed by atoms with Gasteiger partial charge in [-0.1, -0.05) is 24.3 Å². The predicted molar refractivity (Wildman–Crippen MR) is 173 cm³/mol. The Bertz CT molecular complexity index is 1800. The number of hydrogen-bond donors (Lipinski definition) is 0. The van der Waals surface area contributed by atoms with Crippen LogP contribution in [0.1, 0.15) is 22.3 Å². The first-order valence-corrected chi connectivity index (χ1v) is 14.0. The average Bonchev–Trinajstić information content (AvgIpc) is 3.06. The van der Waals surface area contributed by atoms with Gasteiger partial charge in [0.25, 0.3) is 11.4 Å². The summed E-state index contributed by atoms with van der Waals surface area (Å²) in [5.41, 5.74) is 4.22. The standard InChI is InChI=1S/C35H28N4O6/c40-38(41)30-9-17-34(18-10-30)44-32-13-5-26(6-14-32)23-36-22-21-28-3-1-2-4-29(28)25-37-24-27-7-15-33(16-8-27)45-35-19-11-31(12-20-35)39(42)43/h1-20,23-24H,21-22,25H2. The van der Waals surface area contributed by atoms with Crippen molar-refractivity contribution in [1.82, 2.24) is 0 Å². The summed E-state index contributed by atoms with van der Waals surface area (Å²) in [7, 11) is 0. The highest BCUT2D eigenvalue weighted by atomic mass is 16.6. The van der Waals surface area contributed by atoms with E-state index in [9.17, 15) is 20.2 Å². The molecule has 0 radical (unpaired) electrons. The fourth-order valence-electron chi connectivity index (χ4n) is 4.35. The van der Waals surface area contributed by atoms with Gasteiger partial charge in [0.1, 0.15) is 23.0 Å². The predicted octanol–water partition coefficient (Wildman–Crippen LogP) is 8.37. The molecule has 0 aliphatic carbocycles. The average molecular weight is 601 g/mol. The molecule has 0 aromatic heterocycles. The maximum atomic E-state index is 10.8. The molecule has 0 aliphatic rings. The second-order valence-electron chi connectivity index (χ2n) is 9.87. The third kappa shape index (κ3) is 8.91. The van der Waals surface area contributed by atoms with Gasteiger partial charge < -0.3 is 9.47 Å². The molecule has 0 amide bonds. The molecule has 0 saturated heterocycles. The van der Waals surface area contributed by atoms with Crippen molar-refractivity contribution >= 4 is 23.8 Å². The smallest absolute Gasteiger partial charge is 0.269 e. The zero-order chi connectivity index (χ0) is 31.4. The van der Waals surface area contributed by atoms with Gasteiger partial charge in [-0.3, -0.25) is 30.2 Å². The Hall–Kier alpha value is -6.16. The van der Waals surface area contributed by atoms with Crippen LogP contribution in [0.5, 0.6) is 23.0 Å². The van der Waals surface area contributed by atoms with Gasteiger partial charge >= 0.3 is 0 Å². The van der Waals surface area contributed by atoms with E-state index in [1.165, 1.54) is 29.8 Å². The number of hydrogen-bond acceptors (Lipinski definition) is 8. The number of nitro benzene ring substituents is 2. The Labute approximate surface area is 259 Å². The Morgan fingerprint density at radius 2 is 0.933 bits per heavy atom. The van der Waals surface area contributed by atoms with E-state index in [2.05, 4.69) is 22.1 Å². The van der Waals surface area contributed by atoms with E-state index >= 15 is 0 Å². The van der Waals surface area contributed by atoms with Crippen molar-refractivity contribution in [2.45, 2.75) is 13.0 Å². The molecule has 0 fully saturated rings. The molecule has 0 saturated carbocycles. The molecule has 0 bridgehead atoms. The van der Waals surface area contributed by atoms with Crippen molar-refractivity contribution in [3.63, 3.8) is 0 Å². The first kappa shape index (κ1) is 30.3. The van der Waals surface area contributed by atoms with Crippen LogP contribution in [0.25, 0.3) is 0 Å². The van der Waals surface area contributed by atoms with Crippen LogP contribution in [0.4, 0.5) is 11.4 Å². The Morgan fingerprint density at radius 3 is 1.38 bits per heavy atom. The fraction of sp³-hybridized carbons (Fsp3) is 0.0857. The molecular formula is C35H28N4O6. The van der Waals surface area contributed by atoms with Gasteiger partial charge in [-0.05, 0) is 101 Å². The molecule has 0 spiro atoms. The largest absolute Gasteiger partial charge is 0.457 e. The van der Waals surface area contributed by atoms with Crippen LogP contribution in [0.3, 0.4) is 0 Å². The quantitative estimate of drug-likeness (QED) is 0.0758. The van der Waals surface area contributed by atoms with E-state index in [0.717, 1.165) is 23.1 Å². The van der Waals surface area contributed by atoms with Crippen LogP contribution >= 0.6 is 0 Å². The molecule has 5 aromatic rings. The van der Waals surface area contributed by atoms with Crippen molar-refractivity contribution in [3.05, 3.63) is 164 Å². The minimum atomic E-state index is -0.446. The van der Waals surface area contributed by atoms with E-state index in [1.807, 2.05) is 73.1 Å². The number of non-ortho nitro benzene ring substituents is 2. The molecule has 10 nitrogen and oxygen atoms in total. The van der Waals surface area contributed by atoms with Crippen molar-refractivity contribution in [3.8, 4) is 23.0 Å². The highest BCUT2D eigenvalue weighted by Crippen LogP contribution is 2.25. The van der Waals surface area contributed by atoms with E-state index in [1.54, 1.807) is 24.3 Å². The van der Waals surface area contributed by atoms with Crippen molar-refractivity contribution < 1.29 is 19.3 Å². The van der Waals surface area contributed by atoms with Crippen LogP contribution in [0, 0.1) is 20.2 Å². The summed E-state index contributed by atoms with van der Waals surface area (Å²) in [6.45, 7) is 1.16. The molecule has 0 aliphatic heterocycles. The lowest BCUT2D eigenvalue weighted by atomic mass is 10.0. The maximum Gasteiger partial charge on any atom is 0.269 e. The van der Waals surface area contributed by atoms with E-state index in [-0.39, 0.29) is 11.4 Å². The molecule has 224 valence electrons.